The molecule has 2 amide bonds. The fraction of sp³-hybridized carbons (Fsp3) is 0.364. The Morgan fingerprint density at radius 2 is 1.88 bits per heavy atom. The maximum Gasteiger partial charge on any atom is 0.271 e. The Hall–Kier alpha value is -3.67. The lowest BCUT2D eigenvalue weighted by molar-refractivity contribution is -0.384. The van der Waals surface area contributed by atoms with Crippen molar-refractivity contribution >= 4 is 33.2 Å². The Labute approximate surface area is 198 Å². The SMILES string of the molecule is CNC(=O)[C@H](C)N(Cc1cccc(C)c1)C(=O)CN(c1cc([N+](=O)[O-])ccc1OC)S(C)(=O)=O. The first-order valence-electron chi connectivity index (χ1n) is 10.3. The van der Waals surface area contributed by atoms with E-state index in [1.54, 1.807) is 6.07 Å². The molecule has 184 valence electrons. The quantitative estimate of drug-likeness (QED) is 0.394. The van der Waals surface area contributed by atoms with E-state index in [4.69, 9.17) is 4.74 Å². The Balaban J connectivity index is 2.51. The molecule has 11 nitrogen and oxygen atoms in total. The van der Waals surface area contributed by atoms with Gasteiger partial charge in [-0.15, -0.1) is 0 Å². The molecule has 12 heteroatoms. The number of nitro groups is 1. The highest BCUT2D eigenvalue weighted by molar-refractivity contribution is 7.92. The molecule has 0 saturated heterocycles. The minimum absolute atomic E-state index is 0.0356. The molecular weight excluding hydrogens is 464 g/mol. The molecule has 1 atom stereocenters. The van der Waals surface area contributed by atoms with Crippen molar-refractivity contribution < 1.29 is 27.7 Å². The van der Waals surface area contributed by atoms with E-state index in [0.717, 1.165) is 27.8 Å². The summed E-state index contributed by atoms with van der Waals surface area (Å²) in [5.74, 6) is -1.06. The van der Waals surface area contributed by atoms with Crippen LogP contribution in [0.1, 0.15) is 18.1 Å². The van der Waals surface area contributed by atoms with Crippen LogP contribution < -0.4 is 14.4 Å². The normalized spacial score (nSPS) is 11.9. The summed E-state index contributed by atoms with van der Waals surface area (Å²) in [7, 11) is -1.35. The standard InChI is InChI=1S/C22H28N4O7S/c1-15-7-6-8-17(11-15)13-24(16(2)22(28)23-3)21(27)14-25(34(5,31)32)19-12-18(26(29)30)9-10-20(19)33-4/h6-12,16H,13-14H2,1-5H3,(H,23,28)/t16-/m0/s1. The number of nitrogens with zero attached hydrogens (tertiary/aromatic N) is 3. The number of anilines is 1. The van der Waals surface area contributed by atoms with Crippen LogP contribution in [0.25, 0.3) is 0 Å². The van der Waals surface area contributed by atoms with E-state index in [1.807, 2.05) is 25.1 Å². The predicted octanol–water partition coefficient (Wildman–Crippen LogP) is 1.84. The summed E-state index contributed by atoms with van der Waals surface area (Å²) >= 11 is 0. The Morgan fingerprint density at radius 1 is 1.21 bits per heavy atom. The third-order valence-corrected chi connectivity index (χ3v) is 6.30. The third-order valence-electron chi connectivity index (χ3n) is 5.17. The summed E-state index contributed by atoms with van der Waals surface area (Å²) in [6.07, 6.45) is 0.881. The molecule has 0 aliphatic rings. The number of methoxy groups -OCH3 is 1. The van der Waals surface area contributed by atoms with Crippen molar-refractivity contribution in [3.8, 4) is 5.75 Å². The van der Waals surface area contributed by atoms with Gasteiger partial charge in [0.2, 0.25) is 21.8 Å². The summed E-state index contributed by atoms with van der Waals surface area (Å²) in [5.41, 5.74) is 1.18. The van der Waals surface area contributed by atoms with E-state index in [-0.39, 0.29) is 23.7 Å². The van der Waals surface area contributed by atoms with E-state index in [9.17, 15) is 28.1 Å². The van der Waals surface area contributed by atoms with Gasteiger partial charge < -0.3 is 15.0 Å². The van der Waals surface area contributed by atoms with Crippen molar-refractivity contribution in [3.05, 3.63) is 63.7 Å². The van der Waals surface area contributed by atoms with Crippen LogP contribution in [0.4, 0.5) is 11.4 Å². The Kier molecular flexibility index (Phi) is 8.57. The van der Waals surface area contributed by atoms with Crippen molar-refractivity contribution in [1.82, 2.24) is 10.2 Å². The van der Waals surface area contributed by atoms with Crippen LogP contribution in [0.3, 0.4) is 0 Å². The number of aryl methyl sites for hydroxylation is 1. The summed E-state index contributed by atoms with van der Waals surface area (Å²) in [5, 5.41) is 13.8. The van der Waals surface area contributed by atoms with E-state index in [0.29, 0.717) is 0 Å². The second kappa shape index (κ2) is 11.0. The summed E-state index contributed by atoms with van der Waals surface area (Å²) < 4.78 is 31.2. The molecule has 0 spiro atoms. The van der Waals surface area contributed by atoms with Gasteiger partial charge in [0.25, 0.3) is 5.69 Å². The van der Waals surface area contributed by atoms with Crippen molar-refractivity contribution in [2.45, 2.75) is 26.4 Å². The van der Waals surface area contributed by atoms with Crippen LogP contribution in [-0.2, 0) is 26.2 Å². The van der Waals surface area contributed by atoms with Gasteiger partial charge in [-0.05, 0) is 25.5 Å². The van der Waals surface area contributed by atoms with Gasteiger partial charge in [-0.2, -0.15) is 0 Å². The summed E-state index contributed by atoms with van der Waals surface area (Å²) in [6, 6.07) is 9.89. The van der Waals surface area contributed by atoms with Crippen LogP contribution in [-0.4, -0.2) is 63.1 Å². The number of nitrogens with one attached hydrogen (secondary N) is 1. The molecule has 0 aliphatic heterocycles. The lowest BCUT2D eigenvalue weighted by Gasteiger charge is -2.31. The van der Waals surface area contributed by atoms with Gasteiger partial charge in [0.05, 0.1) is 18.3 Å². The van der Waals surface area contributed by atoms with Gasteiger partial charge in [-0.1, -0.05) is 29.8 Å². The molecule has 0 heterocycles. The zero-order chi connectivity index (χ0) is 25.6. The maximum atomic E-state index is 13.4. The number of carbonyl (C=O) groups excluding carboxylic acids is 2. The molecule has 0 fully saturated rings. The molecular formula is C22H28N4O7S. The molecule has 0 unspecified atom stereocenters. The first kappa shape index (κ1) is 26.6. The molecule has 2 aromatic rings. The highest BCUT2D eigenvalue weighted by Gasteiger charge is 2.31. The molecule has 1 N–H and O–H groups in total. The second-order valence-corrected chi connectivity index (χ2v) is 9.59. The molecule has 0 bridgehead atoms. The second-order valence-electron chi connectivity index (χ2n) is 7.68. The van der Waals surface area contributed by atoms with Crippen LogP contribution >= 0.6 is 0 Å². The first-order chi connectivity index (χ1) is 15.9. The number of sulfonamides is 1. The van der Waals surface area contributed by atoms with Crippen molar-refractivity contribution in [3.63, 3.8) is 0 Å². The summed E-state index contributed by atoms with van der Waals surface area (Å²) in [4.78, 5) is 37.6. The number of hydrogen-bond donors (Lipinski definition) is 1. The average molecular weight is 493 g/mol. The minimum atomic E-state index is -4.07. The first-order valence-corrected chi connectivity index (χ1v) is 12.1. The van der Waals surface area contributed by atoms with Gasteiger partial charge in [-0.3, -0.25) is 24.0 Å². The number of rotatable bonds is 10. The van der Waals surface area contributed by atoms with Crippen molar-refractivity contribution in [2.75, 3.05) is 31.3 Å². The van der Waals surface area contributed by atoms with Gasteiger partial charge in [-0.25, -0.2) is 8.42 Å². The Bertz CT molecular complexity index is 1180. The predicted molar refractivity (Wildman–Crippen MR) is 127 cm³/mol. The fourth-order valence-corrected chi connectivity index (χ4v) is 4.23. The maximum absolute atomic E-state index is 13.4. The molecule has 0 aromatic heterocycles. The van der Waals surface area contributed by atoms with Crippen LogP contribution in [0.5, 0.6) is 5.75 Å². The zero-order valence-electron chi connectivity index (χ0n) is 19.6. The lowest BCUT2D eigenvalue weighted by Crippen LogP contribution is -2.50. The molecule has 34 heavy (non-hydrogen) atoms. The number of hydrogen-bond acceptors (Lipinski definition) is 7. The van der Waals surface area contributed by atoms with E-state index in [2.05, 4.69) is 5.32 Å². The van der Waals surface area contributed by atoms with E-state index < -0.39 is 39.3 Å². The van der Waals surface area contributed by atoms with Crippen LogP contribution in [0, 0.1) is 17.0 Å². The fourth-order valence-electron chi connectivity index (χ4n) is 3.38. The molecule has 0 saturated carbocycles. The van der Waals surface area contributed by atoms with E-state index >= 15 is 0 Å². The summed E-state index contributed by atoms with van der Waals surface area (Å²) in [6.45, 7) is 2.78. The largest absolute Gasteiger partial charge is 0.495 e. The zero-order valence-corrected chi connectivity index (χ0v) is 20.5. The Morgan fingerprint density at radius 3 is 2.41 bits per heavy atom. The molecule has 2 rings (SSSR count). The minimum Gasteiger partial charge on any atom is -0.495 e. The van der Waals surface area contributed by atoms with Gasteiger partial charge >= 0.3 is 0 Å². The number of carbonyl (C=O) groups is 2. The molecule has 0 aliphatic carbocycles. The topological polar surface area (TPSA) is 139 Å². The van der Waals surface area contributed by atoms with Gasteiger partial charge in [0.1, 0.15) is 24.0 Å². The third kappa shape index (κ3) is 6.44. The van der Waals surface area contributed by atoms with Crippen LogP contribution in [0.15, 0.2) is 42.5 Å². The molecule has 2 aromatic carbocycles. The molecule has 0 radical (unpaired) electrons. The highest BCUT2D eigenvalue weighted by Crippen LogP contribution is 2.33. The highest BCUT2D eigenvalue weighted by atomic mass is 32.2. The lowest BCUT2D eigenvalue weighted by atomic mass is 10.1. The van der Waals surface area contributed by atoms with Gasteiger partial charge in [0.15, 0.2) is 0 Å². The van der Waals surface area contributed by atoms with Gasteiger partial charge in [0, 0.05) is 25.7 Å². The smallest absolute Gasteiger partial charge is 0.271 e. The number of non-ortho nitro benzene ring substituents is 1. The number of benzene rings is 2. The number of ether oxygens (including phenoxy) is 1. The van der Waals surface area contributed by atoms with Crippen molar-refractivity contribution in [2.24, 2.45) is 0 Å². The van der Waals surface area contributed by atoms with Crippen LogP contribution in [0.2, 0.25) is 0 Å². The number of nitro benzene ring substituents is 1. The monoisotopic (exact) mass is 492 g/mol. The number of amides is 2. The van der Waals surface area contributed by atoms with Crippen molar-refractivity contribution in [1.29, 1.82) is 0 Å². The number of likely N-dealkylation sites (N-methyl/N-ethyl adjacent to an activating group) is 1. The van der Waals surface area contributed by atoms with E-state index in [1.165, 1.54) is 38.1 Å². The average Bonchev–Trinajstić information content (AvgIpc) is 2.78.